The molecule has 0 radical (unpaired) electrons. The highest BCUT2D eigenvalue weighted by atomic mass is 16.5. The Hall–Kier alpha value is -1.32. The minimum Gasteiger partial charge on any atom is -0.468 e. The number of carbonyl (C=O) groups excluding carboxylic acids is 2. The van der Waals surface area contributed by atoms with E-state index in [1.165, 1.54) is 14.2 Å². The molecule has 4 heteroatoms. The van der Waals surface area contributed by atoms with Crippen LogP contribution in [0.3, 0.4) is 0 Å². The molecule has 0 heterocycles. The lowest BCUT2D eigenvalue weighted by atomic mass is 9.83. The highest BCUT2D eigenvalue weighted by Gasteiger charge is 2.55. The van der Waals surface area contributed by atoms with Crippen molar-refractivity contribution in [3.8, 4) is 0 Å². The van der Waals surface area contributed by atoms with Crippen LogP contribution in [0.2, 0.25) is 0 Å². The van der Waals surface area contributed by atoms with E-state index in [0.29, 0.717) is 18.8 Å². The topological polar surface area (TPSA) is 52.6 Å². The van der Waals surface area contributed by atoms with Crippen molar-refractivity contribution >= 4 is 11.9 Å². The second-order valence-electron chi connectivity index (χ2n) is 4.95. The van der Waals surface area contributed by atoms with E-state index in [-0.39, 0.29) is 5.92 Å². The van der Waals surface area contributed by atoms with E-state index >= 15 is 0 Å². The van der Waals surface area contributed by atoms with Crippen LogP contribution >= 0.6 is 0 Å². The van der Waals surface area contributed by atoms with E-state index in [2.05, 4.69) is 20.4 Å². The average Bonchev–Trinajstić information content (AvgIpc) is 2.66. The van der Waals surface area contributed by atoms with Crippen molar-refractivity contribution in [1.82, 2.24) is 0 Å². The zero-order valence-corrected chi connectivity index (χ0v) is 10.9. The SMILES string of the molecule is C=C1CC(C(=O)OC)(C(=O)OC)C[C@H]1C(C)C. The fraction of sp³-hybridized carbons (Fsp3) is 0.692. The first-order valence-electron chi connectivity index (χ1n) is 5.73. The van der Waals surface area contributed by atoms with Crippen molar-refractivity contribution in [2.45, 2.75) is 26.7 Å². The molecule has 0 aromatic carbocycles. The molecule has 0 amide bonds. The third kappa shape index (κ3) is 2.21. The fourth-order valence-corrected chi connectivity index (χ4v) is 2.60. The van der Waals surface area contributed by atoms with Gasteiger partial charge in [0.2, 0.25) is 0 Å². The lowest BCUT2D eigenvalue weighted by Gasteiger charge is -2.23. The first-order chi connectivity index (χ1) is 7.89. The van der Waals surface area contributed by atoms with E-state index in [0.717, 1.165) is 5.57 Å². The van der Waals surface area contributed by atoms with Crippen LogP contribution in [-0.2, 0) is 19.1 Å². The first kappa shape index (κ1) is 13.7. The monoisotopic (exact) mass is 240 g/mol. The maximum absolute atomic E-state index is 11.9. The Labute approximate surface area is 102 Å². The Morgan fingerprint density at radius 3 is 2.06 bits per heavy atom. The van der Waals surface area contributed by atoms with Crippen LogP contribution in [0.15, 0.2) is 12.2 Å². The minimum absolute atomic E-state index is 0.160. The van der Waals surface area contributed by atoms with E-state index in [9.17, 15) is 9.59 Å². The molecule has 1 fully saturated rings. The Morgan fingerprint density at radius 2 is 1.76 bits per heavy atom. The van der Waals surface area contributed by atoms with Gasteiger partial charge in [0.25, 0.3) is 0 Å². The van der Waals surface area contributed by atoms with Crippen molar-refractivity contribution in [1.29, 1.82) is 0 Å². The summed E-state index contributed by atoms with van der Waals surface area (Å²) < 4.78 is 9.51. The molecule has 1 aliphatic carbocycles. The zero-order valence-electron chi connectivity index (χ0n) is 10.9. The number of ether oxygens (including phenoxy) is 2. The minimum atomic E-state index is -1.18. The number of methoxy groups -OCH3 is 2. The van der Waals surface area contributed by atoms with Crippen LogP contribution in [-0.4, -0.2) is 26.2 Å². The summed E-state index contributed by atoms with van der Waals surface area (Å²) in [6, 6.07) is 0. The van der Waals surface area contributed by atoms with Gasteiger partial charge in [-0.25, -0.2) is 0 Å². The number of allylic oxidation sites excluding steroid dienone is 1. The van der Waals surface area contributed by atoms with Crippen LogP contribution in [0.4, 0.5) is 0 Å². The van der Waals surface area contributed by atoms with E-state index in [1.54, 1.807) is 0 Å². The third-order valence-corrected chi connectivity index (χ3v) is 3.58. The van der Waals surface area contributed by atoms with Gasteiger partial charge in [0.15, 0.2) is 5.41 Å². The van der Waals surface area contributed by atoms with E-state index < -0.39 is 17.4 Å². The van der Waals surface area contributed by atoms with Gasteiger partial charge in [-0.1, -0.05) is 26.0 Å². The second-order valence-corrected chi connectivity index (χ2v) is 4.95. The number of carbonyl (C=O) groups is 2. The van der Waals surface area contributed by atoms with Gasteiger partial charge in [0.05, 0.1) is 14.2 Å². The van der Waals surface area contributed by atoms with E-state index in [4.69, 9.17) is 9.47 Å². The van der Waals surface area contributed by atoms with Gasteiger partial charge in [0, 0.05) is 0 Å². The Balaban J connectivity index is 3.08. The van der Waals surface area contributed by atoms with Gasteiger partial charge in [0.1, 0.15) is 0 Å². The summed E-state index contributed by atoms with van der Waals surface area (Å²) in [4.78, 5) is 23.8. The first-order valence-corrected chi connectivity index (χ1v) is 5.73. The highest BCUT2D eigenvalue weighted by molar-refractivity contribution is 6.01. The molecule has 1 atom stereocenters. The van der Waals surface area contributed by atoms with Gasteiger partial charge < -0.3 is 9.47 Å². The zero-order chi connectivity index (χ0) is 13.2. The quantitative estimate of drug-likeness (QED) is 0.430. The molecule has 4 nitrogen and oxygen atoms in total. The molecule has 1 aliphatic rings. The summed E-state index contributed by atoms with van der Waals surface area (Å²) in [5, 5.41) is 0. The van der Waals surface area contributed by atoms with E-state index in [1.807, 2.05) is 0 Å². The molecule has 1 rings (SSSR count). The highest BCUT2D eigenvalue weighted by Crippen LogP contribution is 2.49. The smallest absolute Gasteiger partial charge is 0.323 e. The van der Waals surface area contributed by atoms with Crippen molar-refractivity contribution < 1.29 is 19.1 Å². The summed E-state index contributed by atoms with van der Waals surface area (Å²) in [6.45, 7) is 8.08. The Morgan fingerprint density at radius 1 is 1.29 bits per heavy atom. The number of hydrogen-bond acceptors (Lipinski definition) is 4. The molecule has 0 saturated heterocycles. The average molecular weight is 240 g/mol. The molecule has 0 aromatic heterocycles. The molecule has 0 unspecified atom stereocenters. The molecule has 17 heavy (non-hydrogen) atoms. The standard InChI is InChI=1S/C13H20O4/c1-8(2)10-7-13(6-9(10)3,11(14)16-4)12(15)17-5/h8,10H,3,6-7H2,1-2,4-5H3/t10-/m0/s1. The Kier molecular flexibility index (Phi) is 3.96. The maximum atomic E-state index is 11.9. The lowest BCUT2D eigenvalue weighted by Crippen LogP contribution is -2.39. The number of esters is 2. The lowest BCUT2D eigenvalue weighted by molar-refractivity contribution is -0.168. The van der Waals surface area contributed by atoms with Gasteiger partial charge in [-0.2, -0.15) is 0 Å². The van der Waals surface area contributed by atoms with Crippen LogP contribution in [0.1, 0.15) is 26.7 Å². The van der Waals surface area contributed by atoms with Gasteiger partial charge in [-0.05, 0) is 24.7 Å². The normalized spacial score (nSPS) is 22.6. The molecular weight excluding hydrogens is 220 g/mol. The second kappa shape index (κ2) is 4.90. The largest absolute Gasteiger partial charge is 0.468 e. The molecule has 96 valence electrons. The van der Waals surface area contributed by atoms with Crippen molar-refractivity contribution in [2.75, 3.05) is 14.2 Å². The van der Waals surface area contributed by atoms with Crippen LogP contribution < -0.4 is 0 Å². The number of rotatable bonds is 3. The van der Waals surface area contributed by atoms with Gasteiger partial charge in [-0.15, -0.1) is 0 Å². The van der Waals surface area contributed by atoms with Crippen molar-refractivity contribution in [3.63, 3.8) is 0 Å². The summed E-state index contributed by atoms with van der Waals surface area (Å²) in [7, 11) is 2.58. The fourth-order valence-electron chi connectivity index (χ4n) is 2.60. The molecule has 0 aromatic rings. The predicted octanol–water partition coefficient (Wildman–Crippen LogP) is 1.94. The summed E-state index contributed by atoms with van der Waals surface area (Å²) in [6.07, 6.45) is 0.762. The summed E-state index contributed by atoms with van der Waals surface area (Å²) >= 11 is 0. The molecule has 0 N–H and O–H groups in total. The summed E-state index contributed by atoms with van der Waals surface area (Å²) in [5.74, 6) is -0.533. The van der Waals surface area contributed by atoms with Crippen molar-refractivity contribution in [2.24, 2.45) is 17.3 Å². The predicted molar refractivity (Wildman–Crippen MR) is 63.2 cm³/mol. The molecule has 1 saturated carbocycles. The van der Waals surface area contributed by atoms with Crippen molar-refractivity contribution in [3.05, 3.63) is 12.2 Å². The third-order valence-electron chi connectivity index (χ3n) is 3.58. The Bertz CT molecular complexity index is 327. The van der Waals surface area contributed by atoms with Crippen LogP contribution in [0.25, 0.3) is 0 Å². The van der Waals surface area contributed by atoms with Crippen LogP contribution in [0.5, 0.6) is 0 Å². The van der Waals surface area contributed by atoms with Gasteiger partial charge in [-0.3, -0.25) is 9.59 Å². The van der Waals surface area contributed by atoms with Gasteiger partial charge >= 0.3 is 11.9 Å². The molecule has 0 spiro atoms. The molecular formula is C13H20O4. The maximum Gasteiger partial charge on any atom is 0.323 e. The molecule has 0 aliphatic heterocycles. The molecule has 0 bridgehead atoms. The number of hydrogen-bond donors (Lipinski definition) is 0. The summed E-state index contributed by atoms with van der Waals surface area (Å²) in [5.41, 5.74) is -0.258. The van der Waals surface area contributed by atoms with Crippen LogP contribution in [0, 0.1) is 17.3 Å².